The van der Waals surface area contributed by atoms with Gasteiger partial charge in [-0.1, -0.05) is 12.1 Å². The predicted octanol–water partition coefficient (Wildman–Crippen LogP) is 4.71. The molecule has 0 spiro atoms. The zero-order valence-corrected chi connectivity index (χ0v) is 36.5. The lowest BCUT2D eigenvalue weighted by Gasteiger charge is -2.43. The van der Waals surface area contributed by atoms with Crippen molar-refractivity contribution in [1.29, 1.82) is 0 Å². The van der Waals surface area contributed by atoms with Crippen LogP contribution in [0.3, 0.4) is 0 Å². The number of imide groups is 1. The molecular formula is C47H46F3N9O6S. The third-order valence-corrected chi connectivity index (χ3v) is 15.7. The number of alkyl halides is 1. The number of carbonyl (C=O) groups is 4. The zero-order valence-electron chi connectivity index (χ0n) is 35.7. The number of rotatable bonds is 11. The minimum absolute atomic E-state index is 0.00434. The molecule has 0 bridgehead atoms. The number of nitrogens with one attached hydrogen (secondary N) is 3. The Balaban J connectivity index is 0.691. The molecule has 66 heavy (non-hydrogen) atoms. The zero-order chi connectivity index (χ0) is 45.6. The number of H-pyrrole nitrogens is 1. The SMILES string of the molecule is O=C1CC[C@@H](N2Cc3cc(N4CC(CN5C[C@@H]6CN(c7ccc(-c8cnc9[nH]cc(C(=O)c%10c(F)ccc(NS(=O)(=O)N%11CC[C@@H](F)C%11)c%10F)c9c8)cc7)C[C@@H]6C5)C4)ccc3C2=O)C(=O)N1. The van der Waals surface area contributed by atoms with Crippen LogP contribution in [0, 0.1) is 29.4 Å². The summed E-state index contributed by atoms with van der Waals surface area (Å²) >= 11 is 0. The van der Waals surface area contributed by atoms with Gasteiger partial charge in [0.1, 0.15) is 23.7 Å². The fraction of sp³-hybridized carbons (Fsp3) is 0.383. The predicted molar refractivity (Wildman–Crippen MR) is 239 cm³/mol. The Morgan fingerprint density at radius 2 is 1.59 bits per heavy atom. The highest BCUT2D eigenvalue weighted by Crippen LogP contribution is 2.38. The molecule has 5 fully saturated rings. The van der Waals surface area contributed by atoms with Gasteiger partial charge in [-0.05, 0) is 84.3 Å². The van der Waals surface area contributed by atoms with Gasteiger partial charge in [0.15, 0.2) is 5.82 Å². The van der Waals surface area contributed by atoms with E-state index in [1.54, 1.807) is 17.2 Å². The summed E-state index contributed by atoms with van der Waals surface area (Å²) < 4.78 is 73.2. The number of amides is 3. The average molecular weight is 922 g/mol. The highest BCUT2D eigenvalue weighted by atomic mass is 32.2. The molecule has 5 aromatic rings. The van der Waals surface area contributed by atoms with Gasteiger partial charge in [0.2, 0.25) is 17.6 Å². The van der Waals surface area contributed by atoms with Crippen LogP contribution in [-0.4, -0.2) is 127 Å². The van der Waals surface area contributed by atoms with E-state index < -0.39 is 57.0 Å². The van der Waals surface area contributed by atoms with Gasteiger partial charge in [-0.15, -0.1) is 0 Å². The maximum absolute atomic E-state index is 15.8. The number of fused-ring (bicyclic) bond motifs is 3. The second-order valence-corrected chi connectivity index (χ2v) is 20.2. The van der Waals surface area contributed by atoms with Crippen molar-refractivity contribution >= 4 is 61.8 Å². The molecule has 11 rings (SSSR count). The van der Waals surface area contributed by atoms with E-state index in [-0.39, 0.29) is 43.3 Å². The van der Waals surface area contributed by atoms with E-state index >= 15 is 8.78 Å². The molecule has 8 heterocycles. The normalized spacial score (nSPS) is 23.7. The molecule has 6 aliphatic rings. The van der Waals surface area contributed by atoms with Crippen LogP contribution in [-0.2, 0) is 26.3 Å². The molecule has 0 radical (unpaired) electrons. The first-order valence-corrected chi connectivity index (χ1v) is 23.7. The van der Waals surface area contributed by atoms with Crippen LogP contribution in [0.25, 0.3) is 22.2 Å². The van der Waals surface area contributed by atoms with E-state index in [1.165, 1.54) is 6.20 Å². The first-order chi connectivity index (χ1) is 31.8. The number of piperidine rings is 1. The van der Waals surface area contributed by atoms with Crippen LogP contribution in [0.1, 0.15) is 51.1 Å². The quantitative estimate of drug-likeness (QED) is 0.125. The molecule has 0 saturated carbocycles. The highest BCUT2D eigenvalue weighted by molar-refractivity contribution is 7.90. The molecule has 3 amide bonds. The maximum Gasteiger partial charge on any atom is 0.301 e. The number of benzene rings is 3. The van der Waals surface area contributed by atoms with Crippen molar-refractivity contribution < 1.29 is 40.8 Å². The molecular weight excluding hydrogens is 876 g/mol. The number of nitrogens with zero attached hydrogens (tertiary/aromatic N) is 6. The van der Waals surface area contributed by atoms with Gasteiger partial charge in [-0.3, -0.25) is 29.2 Å². The molecule has 15 nitrogen and oxygen atoms in total. The Labute approximate surface area is 378 Å². The summed E-state index contributed by atoms with van der Waals surface area (Å²) in [6, 6.07) is 16.9. The second-order valence-electron chi connectivity index (χ2n) is 18.5. The smallest absolute Gasteiger partial charge is 0.301 e. The number of aromatic nitrogens is 2. The minimum Gasteiger partial charge on any atom is -0.371 e. The number of hydrogen-bond donors (Lipinski definition) is 3. The lowest BCUT2D eigenvalue weighted by molar-refractivity contribution is -0.136. The molecule has 0 aliphatic carbocycles. The molecule has 5 saturated heterocycles. The Hall–Kier alpha value is -6.31. The van der Waals surface area contributed by atoms with Crippen LogP contribution in [0.2, 0.25) is 0 Å². The van der Waals surface area contributed by atoms with Crippen molar-refractivity contribution in [1.82, 2.24) is 29.4 Å². The third kappa shape index (κ3) is 7.55. The lowest BCUT2D eigenvalue weighted by atomic mass is 9.97. The van der Waals surface area contributed by atoms with Crippen molar-refractivity contribution in [3.05, 3.63) is 107 Å². The van der Waals surface area contributed by atoms with Crippen molar-refractivity contribution in [2.45, 2.75) is 38.0 Å². The summed E-state index contributed by atoms with van der Waals surface area (Å²) in [6.45, 7) is 6.81. The molecule has 342 valence electrons. The van der Waals surface area contributed by atoms with Crippen molar-refractivity contribution in [3.63, 3.8) is 0 Å². The summed E-state index contributed by atoms with van der Waals surface area (Å²) in [6.07, 6.45) is 2.21. The molecule has 4 atom stereocenters. The summed E-state index contributed by atoms with van der Waals surface area (Å²) in [5, 5.41) is 2.70. The third-order valence-electron chi connectivity index (χ3n) is 14.2. The molecule has 3 aromatic carbocycles. The average Bonchev–Trinajstić information content (AvgIpc) is 4.12. The van der Waals surface area contributed by atoms with Crippen LogP contribution in [0.5, 0.6) is 0 Å². The van der Waals surface area contributed by atoms with Crippen LogP contribution >= 0.6 is 0 Å². The number of anilines is 3. The van der Waals surface area contributed by atoms with E-state index in [9.17, 15) is 32.0 Å². The molecule has 6 aliphatic heterocycles. The summed E-state index contributed by atoms with van der Waals surface area (Å²) in [7, 11) is -4.35. The first kappa shape index (κ1) is 42.3. The number of carbonyl (C=O) groups excluding carboxylic acids is 4. The van der Waals surface area contributed by atoms with Crippen LogP contribution < -0.4 is 19.8 Å². The Bertz CT molecular complexity index is 2930. The maximum atomic E-state index is 15.8. The van der Waals surface area contributed by atoms with Crippen molar-refractivity contribution in [3.8, 4) is 11.1 Å². The van der Waals surface area contributed by atoms with Gasteiger partial charge in [0, 0.05) is 124 Å². The van der Waals surface area contributed by atoms with Gasteiger partial charge in [-0.2, -0.15) is 12.7 Å². The number of likely N-dealkylation sites (tertiary alicyclic amines) is 1. The Morgan fingerprint density at radius 3 is 2.32 bits per heavy atom. The van der Waals surface area contributed by atoms with Crippen LogP contribution in [0.15, 0.2) is 73.1 Å². The van der Waals surface area contributed by atoms with Gasteiger partial charge >= 0.3 is 10.2 Å². The van der Waals surface area contributed by atoms with E-state index in [4.69, 9.17) is 0 Å². The number of pyridine rings is 1. The molecule has 19 heteroatoms. The first-order valence-electron chi connectivity index (χ1n) is 22.3. The topological polar surface area (TPSA) is 171 Å². The van der Waals surface area contributed by atoms with Gasteiger partial charge in [-0.25, -0.2) is 18.2 Å². The number of halogens is 3. The van der Waals surface area contributed by atoms with Crippen LogP contribution in [0.4, 0.5) is 30.2 Å². The van der Waals surface area contributed by atoms with Crippen molar-refractivity contribution in [2.24, 2.45) is 17.8 Å². The summed E-state index contributed by atoms with van der Waals surface area (Å²) in [5.74, 6) is -2.74. The number of ketones is 1. The molecule has 3 N–H and O–H groups in total. The largest absolute Gasteiger partial charge is 0.371 e. The van der Waals surface area contributed by atoms with Gasteiger partial charge < -0.3 is 24.6 Å². The lowest BCUT2D eigenvalue weighted by Crippen LogP contribution is -2.52. The fourth-order valence-corrected chi connectivity index (χ4v) is 12.0. The number of hydrogen-bond acceptors (Lipinski definition) is 10. The summed E-state index contributed by atoms with van der Waals surface area (Å²) in [5.41, 5.74) is 3.98. The van der Waals surface area contributed by atoms with Crippen molar-refractivity contribution in [2.75, 3.05) is 73.4 Å². The van der Waals surface area contributed by atoms with E-state index in [0.29, 0.717) is 52.9 Å². The highest BCUT2D eigenvalue weighted by Gasteiger charge is 2.43. The molecule has 0 unspecified atom stereocenters. The Morgan fingerprint density at radius 1 is 0.848 bits per heavy atom. The Kier molecular flexibility index (Phi) is 10.4. The van der Waals surface area contributed by atoms with Gasteiger partial charge in [0.05, 0.1) is 11.3 Å². The van der Waals surface area contributed by atoms with Gasteiger partial charge in [0.25, 0.3) is 5.91 Å². The number of aromatic amines is 1. The van der Waals surface area contributed by atoms with E-state index in [0.717, 1.165) is 84.8 Å². The second kappa shape index (κ2) is 16.2. The monoisotopic (exact) mass is 921 g/mol. The van der Waals surface area contributed by atoms with E-state index in [2.05, 4.69) is 48.2 Å². The minimum atomic E-state index is -4.35. The molecule has 2 aromatic heterocycles. The summed E-state index contributed by atoms with van der Waals surface area (Å²) in [4.78, 5) is 67.3. The standard InChI is InChI=1S/C47H46F3N9O6S/c48-32-11-12-58(25-32)66(64,65)54-39-8-7-38(49)42(43(39)50)44(61)37-16-52-45-36(37)14-28(15-51-45)27-1-3-33(4-2-27)57-22-30-20-55(21-31(30)23-57)17-26-18-56(19-26)34-5-6-35-29(13-34)24-59(47(35)63)40-9-10-41(60)53-46(40)62/h1-8,13-16,26,30-32,40,54H,9-12,17-25H2,(H,51,52)(H,53,60,62)/t30-,31+,32-,40-/m1/s1. The fourth-order valence-electron chi connectivity index (χ4n) is 10.8. The van der Waals surface area contributed by atoms with E-state index in [1.807, 2.05) is 29.0 Å².